The van der Waals surface area contributed by atoms with Crippen molar-refractivity contribution < 1.29 is 4.79 Å². The van der Waals surface area contributed by atoms with Crippen LogP contribution in [-0.4, -0.2) is 35.9 Å². The van der Waals surface area contributed by atoms with E-state index in [1.165, 1.54) is 40.8 Å². The van der Waals surface area contributed by atoms with Crippen LogP contribution in [0.5, 0.6) is 0 Å². The highest BCUT2D eigenvalue weighted by molar-refractivity contribution is 5.90. The van der Waals surface area contributed by atoms with Gasteiger partial charge in [0, 0.05) is 43.6 Å². The lowest BCUT2D eigenvalue weighted by Crippen LogP contribution is -2.39. The average molecular weight is 394 g/mol. The smallest absolute Gasteiger partial charge is 0.236 e. The number of carbonyl (C=O) groups is 1. The first-order valence-electron chi connectivity index (χ1n) is 10.9. The predicted molar refractivity (Wildman–Crippen MR) is 121 cm³/mol. The largest absolute Gasteiger partial charge is 0.371 e. The second kappa shape index (κ2) is 8.56. The van der Waals surface area contributed by atoms with Crippen LogP contribution in [0, 0.1) is 27.7 Å². The summed E-state index contributed by atoms with van der Waals surface area (Å²) in [5.74, 6) is -0.180. The van der Waals surface area contributed by atoms with Crippen LogP contribution in [-0.2, 0) is 11.3 Å². The number of hydrogen-bond donors (Lipinski definition) is 0. The first-order chi connectivity index (χ1) is 13.8. The number of amides is 1. The molecule has 4 nitrogen and oxygen atoms in total. The first kappa shape index (κ1) is 21.4. The summed E-state index contributed by atoms with van der Waals surface area (Å²) >= 11 is 0. The zero-order valence-corrected chi connectivity index (χ0v) is 19.1. The van der Waals surface area contributed by atoms with Crippen LogP contribution >= 0.6 is 0 Å². The Morgan fingerprint density at radius 2 is 1.76 bits per heavy atom. The summed E-state index contributed by atoms with van der Waals surface area (Å²) in [5, 5.41) is 0. The van der Waals surface area contributed by atoms with Crippen molar-refractivity contribution in [3.8, 4) is 0 Å². The van der Waals surface area contributed by atoms with E-state index in [2.05, 4.69) is 57.7 Å². The lowest BCUT2D eigenvalue weighted by molar-refractivity contribution is -0.132. The molecular weight excluding hydrogens is 358 g/mol. The van der Waals surface area contributed by atoms with Crippen LogP contribution in [0.4, 0.5) is 5.69 Å². The molecule has 0 aliphatic carbocycles. The monoisotopic (exact) mass is 393 g/mol. The van der Waals surface area contributed by atoms with Gasteiger partial charge in [0.2, 0.25) is 5.91 Å². The number of pyridine rings is 1. The lowest BCUT2D eigenvalue weighted by Gasteiger charge is -2.36. The quantitative estimate of drug-likeness (QED) is 0.689. The Morgan fingerprint density at radius 1 is 1.10 bits per heavy atom. The second-order valence-electron chi connectivity index (χ2n) is 8.52. The predicted octanol–water partition coefficient (Wildman–Crippen LogP) is 5.05. The van der Waals surface area contributed by atoms with Crippen molar-refractivity contribution >= 4 is 11.6 Å². The Hall–Kier alpha value is -2.36. The molecule has 1 atom stereocenters. The number of nitrogens with zero attached hydrogens (tertiary/aromatic N) is 3. The van der Waals surface area contributed by atoms with E-state index in [1.807, 2.05) is 18.9 Å². The van der Waals surface area contributed by atoms with Crippen molar-refractivity contribution in [1.82, 2.24) is 9.88 Å². The Labute approximate surface area is 175 Å². The molecule has 156 valence electrons. The summed E-state index contributed by atoms with van der Waals surface area (Å²) in [6.45, 7) is 15.5. The highest BCUT2D eigenvalue weighted by Gasteiger charge is 2.37. The molecule has 2 heterocycles. The van der Waals surface area contributed by atoms with Gasteiger partial charge in [0.25, 0.3) is 0 Å². The van der Waals surface area contributed by atoms with Gasteiger partial charge in [-0.05, 0) is 63.8 Å². The molecule has 0 radical (unpaired) electrons. The summed E-state index contributed by atoms with van der Waals surface area (Å²) in [5.41, 5.74) is 9.08. The zero-order valence-electron chi connectivity index (χ0n) is 19.1. The number of hydrogen-bond acceptors (Lipinski definition) is 3. The third-order valence-corrected chi connectivity index (χ3v) is 6.08. The molecule has 0 saturated heterocycles. The number of unbranched alkanes of at least 4 members (excludes halogenated alkanes) is 1. The van der Waals surface area contributed by atoms with Crippen molar-refractivity contribution in [1.29, 1.82) is 0 Å². The molecule has 1 aliphatic rings. The number of rotatable bonds is 6. The van der Waals surface area contributed by atoms with Crippen LogP contribution in [0.1, 0.15) is 71.8 Å². The van der Waals surface area contributed by atoms with Gasteiger partial charge in [0.15, 0.2) is 0 Å². The molecule has 29 heavy (non-hydrogen) atoms. The number of benzene rings is 1. The fourth-order valence-corrected chi connectivity index (χ4v) is 4.75. The third-order valence-electron chi connectivity index (χ3n) is 6.08. The molecule has 1 unspecified atom stereocenters. The molecule has 0 bridgehead atoms. The van der Waals surface area contributed by atoms with E-state index in [-0.39, 0.29) is 11.8 Å². The van der Waals surface area contributed by atoms with Crippen LogP contribution in [0.2, 0.25) is 0 Å². The Morgan fingerprint density at radius 3 is 2.34 bits per heavy atom. The van der Waals surface area contributed by atoms with Gasteiger partial charge in [-0.1, -0.05) is 31.0 Å². The van der Waals surface area contributed by atoms with Gasteiger partial charge in [-0.2, -0.15) is 0 Å². The number of aromatic nitrogens is 1. The SMILES string of the molecule is CCCCN(CC)c1cc(C)nc2c1CN(C)C(=O)C2c1c(C)cc(C)cc1C. The van der Waals surface area contributed by atoms with Crippen molar-refractivity contribution in [2.24, 2.45) is 0 Å². The number of fused-ring (bicyclic) bond motifs is 1. The minimum absolute atomic E-state index is 0.146. The fraction of sp³-hybridized carbons (Fsp3) is 0.520. The topological polar surface area (TPSA) is 36.4 Å². The second-order valence-corrected chi connectivity index (χ2v) is 8.52. The molecule has 0 saturated carbocycles. The van der Waals surface area contributed by atoms with Gasteiger partial charge in [-0.3, -0.25) is 9.78 Å². The van der Waals surface area contributed by atoms with E-state index < -0.39 is 0 Å². The number of carbonyl (C=O) groups excluding carboxylic acids is 1. The summed E-state index contributed by atoms with van der Waals surface area (Å²) in [6.07, 6.45) is 2.34. The molecule has 4 heteroatoms. The van der Waals surface area contributed by atoms with E-state index in [4.69, 9.17) is 4.98 Å². The summed E-state index contributed by atoms with van der Waals surface area (Å²) in [4.78, 5) is 22.7. The van der Waals surface area contributed by atoms with Crippen LogP contribution < -0.4 is 4.90 Å². The highest BCUT2D eigenvalue weighted by atomic mass is 16.2. The fourth-order valence-electron chi connectivity index (χ4n) is 4.75. The standard InChI is InChI=1S/C25H35N3O/c1-8-10-11-28(9-2)21-14-19(6)26-24-20(21)15-27(7)25(29)23(24)22-17(4)12-16(3)13-18(22)5/h12-14,23H,8-11,15H2,1-7H3. The normalized spacial score (nSPS) is 16.2. The van der Waals surface area contributed by atoms with Gasteiger partial charge in [-0.25, -0.2) is 0 Å². The van der Waals surface area contributed by atoms with Crippen molar-refractivity contribution in [2.75, 3.05) is 25.0 Å². The molecule has 3 rings (SSSR count). The maximum atomic E-state index is 13.4. The summed E-state index contributed by atoms with van der Waals surface area (Å²) in [6, 6.07) is 6.56. The van der Waals surface area contributed by atoms with Gasteiger partial charge in [0.05, 0.1) is 5.69 Å². The molecule has 2 aromatic rings. The molecular formula is C25H35N3O. The summed E-state index contributed by atoms with van der Waals surface area (Å²) < 4.78 is 0. The Bertz CT molecular complexity index is 896. The zero-order chi connectivity index (χ0) is 21.3. The van der Waals surface area contributed by atoms with E-state index in [0.717, 1.165) is 30.0 Å². The van der Waals surface area contributed by atoms with Crippen molar-refractivity contribution in [2.45, 2.75) is 66.8 Å². The van der Waals surface area contributed by atoms with Gasteiger partial charge in [-0.15, -0.1) is 0 Å². The number of anilines is 1. The lowest BCUT2D eigenvalue weighted by atomic mass is 9.82. The van der Waals surface area contributed by atoms with Crippen LogP contribution in [0.15, 0.2) is 18.2 Å². The van der Waals surface area contributed by atoms with Gasteiger partial charge >= 0.3 is 0 Å². The van der Waals surface area contributed by atoms with Crippen LogP contribution in [0.3, 0.4) is 0 Å². The Kier molecular flexibility index (Phi) is 6.30. The van der Waals surface area contributed by atoms with Crippen LogP contribution in [0.25, 0.3) is 0 Å². The van der Waals surface area contributed by atoms with Gasteiger partial charge in [0.1, 0.15) is 5.92 Å². The highest BCUT2D eigenvalue weighted by Crippen LogP contribution is 2.40. The van der Waals surface area contributed by atoms with Crippen molar-refractivity contribution in [3.05, 3.63) is 57.4 Å². The maximum absolute atomic E-state index is 13.4. The van der Waals surface area contributed by atoms with E-state index in [0.29, 0.717) is 6.54 Å². The Balaban J connectivity index is 2.23. The average Bonchev–Trinajstić information content (AvgIpc) is 2.65. The minimum atomic E-state index is -0.326. The third kappa shape index (κ3) is 4.03. The van der Waals surface area contributed by atoms with Gasteiger partial charge < -0.3 is 9.80 Å². The molecule has 1 amide bonds. The van der Waals surface area contributed by atoms with E-state index in [9.17, 15) is 4.79 Å². The molecule has 0 spiro atoms. The number of aryl methyl sites for hydroxylation is 4. The molecule has 1 aromatic heterocycles. The van der Waals surface area contributed by atoms with Crippen molar-refractivity contribution in [3.63, 3.8) is 0 Å². The van der Waals surface area contributed by atoms with E-state index >= 15 is 0 Å². The molecule has 0 fully saturated rings. The molecule has 1 aromatic carbocycles. The molecule has 0 N–H and O–H groups in total. The number of likely N-dealkylation sites (N-methyl/N-ethyl adjacent to an activating group) is 1. The van der Waals surface area contributed by atoms with E-state index in [1.54, 1.807) is 0 Å². The summed E-state index contributed by atoms with van der Waals surface area (Å²) in [7, 11) is 1.92. The maximum Gasteiger partial charge on any atom is 0.236 e. The minimum Gasteiger partial charge on any atom is -0.371 e. The first-order valence-corrected chi connectivity index (χ1v) is 10.9. The molecule has 1 aliphatic heterocycles.